The predicted molar refractivity (Wildman–Crippen MR) is 67.3 cm³/mol. The Labute approximate surface area is 117 Å². The average molecular weight is 297 g/mol. The Bertz CT molecular complexity index is 656. The number of carboxylic acids is 1. The van der Waals surface area contributed by atoms with Crippen molar-refractivity contribution in [3.8, 4) is 11.1 Å². The smallest absolute Gasteiger partial charge is 0.416 e. The van der Waals surface area contributed by atoms with Gasteiger partial charge in [-0.3, -0.25) is 4.98 Å². The number of carbonyl (C=O) groups is 1. The fourth-order valence-electron chi connectivity index (χ4n) is 1.90. The molecule has 0 saturated heterocycles. The van der Waals surface area contributed by atoms with Crippen molar-refractivity contribution in [3.63, 3.8) is 0 Å². The number of carboxylic acid groups (broad SMARTS) is 1. The molecule has 0 aliphatic heterocycles. The van der Waals surface area contributed by atoms with Crippen LogP contribution in [0.15, 0.2) is 42.7 Å². The van der Waals surface area contributed by atoms with E-state index in [1.165, 1.54) is 30.6 Å². The van der Waals surface area contributed by atoms with E-state index in [2.05, 4.69) is 4.98 Å². The second kappa shape index (κ2) is 5.53. The topological polar surface area (TPSA) is 70.4 Å². The molecule has 7 heteroatoms. The van der Waals surface area contributed by atoms with Crippen LogP contribution in [0, 0.1) is 0 Å². The zero-order valence-electron chi connectivity index (χ0n) is 10.5. The fraction of sp³-hybridized carbons (Fsp3) is 0.143. The van der Waals surface area contributed by atoms with Gasteiger partial charge in [0.1, 0.15) is 0 Å². The van der Waals surface area contributed by atoms with E-state index in [0.29, 0.717) is 5.56 Å². The van der Waals surface area contributed by atoms with Gasteiger partial charge in [0.25, 0.3) is 0 Å². The van der Waals surface area contributed by atoms with Crippen molar-refractivity contribution >= 4 is 5.97 Å². The molecule has 1 unspecified atom stereocenters. The first-order valence-electron chi connectivity index (χ1n) is 5.83. The van der Waals surface area contributed by atoms with E-state index in [9.17, 15) is 23.1 Å². The van der Waals surface area contributed by atoms with Crippen LogP contribution in [0.2, 0.25) is 0 Å². The Balaban J connectivity index is 2.58. The number of hydrogen-bond donors (Lipinski definition) is 2. The standard InChI is InChI=1S/C14H10F3NO3/c15-14(16,17)11-7-9(8-3-5-18-6-4-8)1-2-10(11)12(19)13(20)21/h1-7,12,19H,(H,20,21). The number of benzene rings is 1. The molecule has 110 valence electrons. The van der Waals surface area contributed by atoms with E-state index in [1.807, 2.05) is 0 Å². The average Bonchev–Trinajstić information content (AvgIpc) is 2.46. The molecule has 1 heterocycles. The van der Waals surface area contributed by atoms with Gasteiger partial charge in [0, 0.05) is 18.0 Å². The molecule has 0 bridgehead atoms. The minimum atomic E-state index is -4.77. The van der Waals surface area contributed by atoms with Crippen molar-refractivity contribution in [2.45, 2.75) is 12.3 Å². The summed E-state index contributed by atoms with van der Waals surface area (Å²) in [7, 11) is 0. The van der Waals surface area contributed by atoms with Gasteiger partial charge in [-0.2, -0.15) is 13.2 Å². The molecule has 1 aromatic heterocycles. The number of rotatable bonds is 3. The molecular formula is C14H10F3NO3. The van der Waals surface area contributed by atoms with Crippen LogP contribution in [-0.2, 0) is 11.0 Å². The van der Waals surface area contributed by atoms with Gasteiger partial charge >= 0.3 is 12.1 Å². The van der Waals surface area contributed by atoms with Gasteiger partial charge in [0.2, 0.25) is 0 Å². The molecule has 1 atom stereocenters. The molecule has 4 nitrogen and oxygen atoms in total. The molecule has 0 aliphatic rings. The van der Waals surface area contributed by atoms with Gasteiger partial charge in [0.05, 0.1) is 5.56 Å². The maximum atomic E-state index is 13.1. The van der Waals surface area contributed by atoms with Gasteiger partial charge in [-0.25, -0.2) is 4.79 Å². The van der Waals surface area contributed by atoms with Crippen LogP contribution in [0.3, 0.4) is 0 Å². The lowest BCUT2D eigenvalue weighted by Crippen LogP contribution is -2.17. The van der Waals surface area contributed by atoms with Crippen LogP contribution in [0.1, 0.15) is 17.2 Å². The highest BCUT2D eigenvalue weighted by Crippen LogP contribution is 2.37. The maximum Gasteiger partial charge on any atom is 0.416 e. The number of halogens is 3. The third-order valence-electron chi connectivity index (χ3n) is 2.90. The molecule has 2 rings (SSSR count). The molecule has 21 heavy (non-hydrogen) atoms. The Hall–Kier alpha value is -2.41. The molecule has 0 fully saturated rings. The number of nitrogens with zero attached hydrogens (tertiary/aromatic N) is 1. The van der Waals surface area contributed by atoms with Gasteiger partial charge in [-0.05, 0) is 29.3 Å². The number of hydrogen-bond acceptors (Lipinski definition) is 3. The number of pyridine rings is 1. The Kier molecular flexibility index (Phi) is 3.95. The normalized spacial score (nSPS) is 13.0. The molecule has 2 N–H and O–H groups in total. The molecule has 0 aliphatic carbocycles. The Morgan fingerprint density at radius 1 is 1.10 bits per heavy atom. The zero-order valence-corrected chi connectivity index (χ0v) is 10.5. The molecule has 0 spiro atoms. The predicted octanol–water partition coefficient (Wildman–Crippen LogP) is 2.89. The van der Waals surface area contributed by atoms with E-state index in [4.69, 9.17) is 5.11 Å². The number of alkyl halides is 3. The van der Waals surface area contributed by atoms with Crippen LogP contribution < -0.4 is 0 Å². The number of aliphatic hydroxyl groups excluding tert-OH is 1. The van der Waals surface area contributed by atoms with Crippen LogP contribution >= 0.6 is 0 Å². The summed E-state index contributed by atoms with van der Waals surface area (Å²) in [6.45, 7) is 0. The van der Waals surface area contributed by atoms with E-state index in [-0.39, 0.29) is 5.56 Å². The van der Waals surface area contributed by atoms with Crippen LogP contribution in [0.25, 0.3) is 11.1 Å². The quantitative estimate of drug-likeness (QED) is 0.914. The van der Waals surface area contributed by atoms with Gasteiger partial charge in [-0.15, -0.1) is 0 Å². The Morgan fingerprint density at radius 2 is 1.71 bits per heavy atom. The highest BCUT2D eigenvalue weighted by atomic mass is 19.4. The van der Waals surface area contributed by atoms with E-state index >= 15 is 0 Å². The van der Waals surface area contributed by atoms with Crippen molar-refractivity contribution < 1.29 is 28.2 Å². The molecule has 2 aromatic rings. The number of aliphatic carboxylic acids is 1. The lowest BCUT2D eigenvalue weighted by atomic mass is 9.96. The molecular weight excluding hydrogens is 287 g/mol. The maximum absolute atomic E-state index is 13.1. The van der Waals surface area contributed by atoms with E-state index in [0.717, 1.165) is 12.1 Å². The first-order chi connectivity index (χ1) is 9.80. The summed E-state index contributed by atoms with van der Waals surface area (Å²) in [5.74, 6) is -1.74. The van der Waals surface area contributed by atoms with Gasteiger partial charge < -0.3 is 10.2 Å². The number of aliphatic hydroxyl groups is 1. The van der Waals surface area contributed by atoms with Crippen molar-refractivity contribution in [1.82, 2.24) is 4.98 Å². The summed E-state index contributed by atoms with van der Waals surface area (Å²) in [4.78, 5) is 14.5. The highest BCUT2D eigenvalue weighted by molar-refractivity contribution is 5.76. The SMILES string of the molecule is O=C(O)C(O)c1ccc(-c2ccncc2)cc1C(F)(F)F. The zero-order chi connectivity index (χ0) is 15.6. The first kappa shape index (κ1) is 15.0. The van der Waals surface area contributed by atoms with E-state index < -0.39 is 29.4 Å². The third kappa shape index (κ3) is 3.19. The number of aromatic nitrogens is 1. The minimum absolute atomic E-state index is 0.256. The lowest BCUT2D eigenvalue weighted by molar-refractivity contribution is -0.149. The second-order valence-corrected chi connectivity index (χ2v) is 4.28. The summed E-state index contributed by atoms with van der Waals surface area (Å²) >= 11 is 0. The van der Waals surface area contributed by atoms with Crippen LogP contribution in [-0.4, -0.2) is 21.2 Å². The largest absolute Gasteiger partial charge is 0.479 e. The lowest BCUT2D eigenvalue weighted by Gasteiger charge is -2.16. The monoisotopic (exact) mass is 297 g/mol. The summed E-state index contributed by atoms with van der Waals surface area (Å²) in [6.07, 6.45) is -4.13. The Morgan fingerprint density at radius 3 is 2.24 bits per heavy atom. The van der Waals surface area contributed by atoms with Crippen molar-refractivity contribution in [2.24, 2.45) is 0 Å². The van der Waals surface area contributed by atoms with Gasteiger partial charge in [-0.1, -0.05) is 12.1 Å². The summed E-state index contributed by atoms with van der Waals surface area (Å²) < 4.78 is 39.2. The summed E-state index contributed by atoms with van der Waals surface area (Å²) in [5, 5.41) is 18.1. The van der Waals surface area contributed by atoms with Crippen molar-refractivity contribution in [1.29, 1.82) is 0 Å². The molecule has 1 aromatic carbocycles. The van der Waals surface area contributed by atoms with E-state index in [1.54, 1.807) is 0 Å². The van der Waals surface area contributed by atoms with Crippen LogP contribution in [0.5, 0.6) is 0 Å². The fourth-order valence-corrected chi connectivity index (χ4v) is 1.90. The summed E-state index contributed by atoms with van der Waals surface area (Å²) in [6, 6.07) is 6.17. The summed E-state index contributed by atoms with van der Waals surface area (Å²) in [5.41, 5.74) is -1.10. The highest BCUT2D eigenvalue weighted by Gasteiger charge is 2.36. The molecule has 0 amide bonds. The van der Waals surface area contributed by atoms with Gasteiger partial charge in [0.15, 0.2) is 6.10 Å². The second-order valence-electron chi connectivity index (χ2n) is 4.28. The van der Waals surface area contributed by atoms with Crippen LogP contribution in [0.4, 0.5) is 13.2 Å². The third-order valence-corrected chi connectivity index (χ3v) is 2.90. The molecule has 0 radical (unpaired) electrons. The van der Waals surface area contributed by atoms with Crippen molar-refractivity contribution in [2.75, 3.05) is 0 Å². The molecule has 0 saturated carbocycles. The first-order valence-corrected chi connectivity index (χ1v) is 5.83. The minimum Gasteiger partial charge on any atom is -0.479 e. The van der Waals surface area contributed by atoms with Crippen molar-refractivity contribution in [3.05, 3.63) is 53.9 Å².